The summed E-state index contributed by atoms with van der Waals surface area (Å²) in [4.78, 5) is 20.3. The molecule has 0 amide bonds. The first kappa shape index (κ1) is 17.2. The van der Waals surface area contributed by atoms with E-state index in [0.29, 0.717) is 17.3 Å². The molecule has 0 atom stereocenters. The lowest BCUT2D eigenvalue weighted by Crippen LogP contribution is -2.03. The Morgan fingerprint density at radius 1 is 0.962 bits per heavy atom. The first-order valence-electron chi connectivity index (χ1n) is 7.87. The molecular weight excluding hydrogens is 332 g/mol. The summed E-state index contributed by atoms with van der Waals surface area (Å²) in [5.74, 6) is 1.38. The van der Waals surface area contributed by atoms with E-state index in [9.17, 15) is 4.79 Å². The third-order valence-corrected chi connectivity index (χ3v) is 3.54. The van der Waals surface area contributed by atoms with Gasteiger partial charge in [-0.05, 0) is 36.4 Å². The van der Waals surface area contributed by atoms with Gasteiger partial charge in [0.15, 0.2) is 0 Å². The number of nitrogens with zero attached hydrogens (tertiary/aromatic N) is 2. The fourth-order valence-corrected chi connectivity index (χ4v) is 2.31. The zero-order chi connectivity index (χ0) is 18.4. The highest BCUT2D eigenvalue weighted by Gasteiger charge is 2.07. The van der Waals surface area contributed by atoms with Crippen molar-refractivity contribution in [2.45, 2.75) is 0 Å². The number of rotatable bonds is 6. The van der Waals surface area contributed by atoms with Crippen LogP contribution in [0, 0.1) is 0 Å². The lowest BCUT2D eigenvalue weighted by atomic mass is 10.2. The predicted molar refractivity (Wildman–Crippen MR) is 99.4 cm³/mol. The van der Waals surface area contributed by atoms with Crippen LogP contribution in [0.15, 0.2) is 60.8 Å². The van der Waals surface area contributed by atoms with Crippen LogP contribution in [0.4, 0.5) is 23.1 Å². The molecular formula is C19H18N4O3. The van der Waals surface area contributed by atoms with E-state index >= 15 is 0 Å². The first-order valence-corrected chi connectivity index (χ1v) is 7.87. The monoisotopic (exact) mass is 350 g/mol. The van der Waals surface area contributed by atoms with Crippen LogP contribution in [0.25, 0.3) is 0 Å². The number of carbonyl (C=O) groups excluding carboxylic acids is 1. The number of ether oxygens (including phenoxy) is 2. The molecule has 0 aliphatic rings. The second kappa shape index (κ2) is 7.98. The van der Waals surface area contributed by atoms with Crippen LogP contribution in [-0.4, -0.2) is 30.2 Å². The zero-order valence-electron chi connectivity index (χ0n) is 14.4. The van der Waals surface area contributed by atoms with Crippen LogP contribution in [0.1, 0.15) is 10.4 Å². The summed E-state index contributed by atoms with van der Waals surface area (Å²) in [6, 6.07) is 16.2. The minimum atomic E-state index is -0.392. The van der Waals surface area contributed by atoms with E-state index in [4.69, 9.17) is 9.47 Å². The second-order valence-electron chi connectivity index (χ2n) is 5.32. The molecule has 1 aromatic heterocycles. The molecule has 26 heavy (non-hydrogen) atoms. The topological polar surface area (TPSA) is 85.4 Å². The van der Waals surface area contributed by atoms with Gasteiger partial charge in [0.1, 0.15) is 11.6 Å². The van der Waals surface area contributed by atoms with Gasteiger partial charge in [-0.2, -0.15) is 4.98 Å². The van der Waals surface area contributed by atoms with Crippen molar-refractivity contribution in [1.82, 2.24) is 9.97 Å². The molecule has 0 bridgehead atoms. The van der Waals surface area contributed by atoms with Crippen molar-refractivity contribution >= 4 is 29.1 Å². The molecule has 0 saturated carbocycles. The molecule has 0 radical (unpaired) electrons. The molecule has 0 aliphatic heterocycles. The summed E-state index contributed by atoms with van der Waals surface area (Å²) in [7, 11) is 2.96. The van der Waals surface area contributed by atoms with Crippen LogP contribution in [-0.2, 0) is 4.74 Å². The number of aromatic nitrogens is 2. The Bertz CT molecular complexity index is 915. The van der Waals surface area contributed by atoms with E-state index in [1.165, 1.54) is 7.11 Å². The Morgan fingerprint density at radius 3 is 2.50 bits per heavy atom. The predicted octanol–water partition coefficient (Wildman–Crippen LogP) is 3.76. The smallest absolute Gasteiger partial charge is 0.337 e. The van der Waals surface area contributed by atoms with Crippen molar-refractivity contribution in [1.29, 1.82) is 0 Å². The summed E-state index contributed by atoms with van der Waals surface area (Å²) in [5, 5.41) is 6.28. The number of esters is 1. The summed E-state index contributed by atoms with van der Waals surface area (Å²) < 4.78 is 9.94. The van der Waals surface area contributed by atoms with Gasteiger partial charge in [0, 0.05) is 23.6 Å². The molecule has 2 aromatic carbocycles. The van der Waals surface area contributed by atoms with Crippen LogP contribution in [0.5, 0.6) is 5.75 Å². The molecule has 7 nitrogen and oxygen atoms in total. The van der Waals surface area contributed by atoms with Gasteiger partial charge in [0.25, 0.3) is 0 Å². The summed E-state index contributed by atoms with van der Waals surface area (Å²) in [6.07, 6.45) is 1.64. The fraction of sp³-hybridized carbons (Fsp3) is 0.105. The van der Waals surface area contributed by atoms with Crippen molar-refractivity contribution in [3.05, 3.63) is 66.4 Å². The standard InChI is InChI=1S/C19H18N4O3/c1-25-16-8-4-7-15(12-16)22-19-20-10-9-17(23-19)21-14-6-3-5-13(11-14)18(24)26-2/h3-12H,1-2H3,(H2,20,21,22,23). The highest BCUT2D eigenvalue weighted by molar-refractivity contribution is 5.90. The number of hydrogen-bond donors (Lipinski definition) is 2. The van der Waals surface area contributed by atoms with Crippen molar-refractivity contribution in [3.63, 3.8) is 0 Å². The zero-order valence-corrected chi connectivity index (χ0v) is 14.4. The van der Waals surface area contributed by atoms with Gasteiger partial charge in [0.2, 0.25) is 5.95 Å². The van der Waals surface area contributed by atoms with Crippen LogP contribution < -0.4 is 15.4 Å². The average Bonchev–Trinajstić information content (AvgIpc) is 2.68. The molecule has 0 aliphatic carbocycles. The molecule has 0 unspecified atom stereocenters. The molecule has 132 valence electrons. The fourth-order valence-electron chi connectivity index (χ4n) is 2.31. The number of hydrogen-bond acceptors (Lipinski definition) is 7. The lowest BCUT2D eigenvalue weighted by molar-refractivity contribution is 0.0601. The van der Waals surface area contributed by atoms with E-state index in [1.807, 2.05) is 30.3 Å². The Balaban J connectivity index is 1.76. The molecule has 0 fully saturated rings. The molecule has 0 spiro atoms. The average molecular weight is 350 g/mol. The number of methoxy groups -OCH3 is 2. The van der Waals surface area contributed by atoms with Crippen molar-refractivity contribution < 1.29 is 14.3 Å². The molecule has 1 heterocycles. The van der Waals surface area contributed by atoms with E-state index in [0.717, 1.165) is 17.1 Å². The number of nitrogens with one attached hydrogen (secondary N) is 2. The molecule has 2 N–H and O–H groups in total. The first-order chi connectivity index (χ1) is 12.7. The second-order valence-corrected chi connectivity index (χ2v) is 5.32. The van der Waals surface area contributed by atoms with E-state index in [1.54, 1.807) is 37.6 Å². The van der Waals surface area contributed by atoms with Gasteiger partial charge in [-0.3, -0.25) is 0 Å². The van der Waals surface area contributed by atoms with Gasteiger partial charge >= 0.3 is 5.97 Å². The highest BCUT2D eigenvalue weighted by Crippen LogP contribution is 2.21. The molecule has 7 heteroatoms. The quantitative estimate of drug-likeness (QED) is 0.655. The number of anilines is 4. The highest BCUT2D eigenvalue weighted by atomic mass is 16.5. The van der Waals surface area contributed by atoms with E-state index < -0.39 is 5.97 Å². The van der Waals surface area contributed by atoms with Gasteiger partial charge in [0.05, 0.1) is 19.8 Å². The normalized spacial score (nSPS) is 10.1. The maximum absolute atomic E-state index is 11.6. The van der Waals surface area contributed by atoms with Crippen molar-refractivity contribution in [3.8, 4) is 5.75 Å². The van der Waals surface area contributed by atoms with E-state index in [2.05, 4.69) is 20.6 Å². The molecule has 3 aromatic rings. The summed E-state index contributed by atoms with van der Waals surface area (Å²) >= 11 is 0. The van der Waals surface area contributed by atoms with Gasteiger partial charge in [-0.25, -0.2) is 9.78 Å². The maximum Gasteiger partial charge on any atom is 0.337 e. The van der Waals surface area contributed by atoms with Gasteiger partial charge < -0.3 is 20.1 Å². The SMILES string of the molecule is COC(=O)c1cccc(Nc2ccnc(Nc3cccc(OC)c3)n2)c1. The van der Waals surface area contributed by atoms with Crippen LogP contribution >= 0.6 is 0 Å². The Labute approximate surface area is 151 Å². The minimum absolute atomic E-state index is 0.392. The lowest BCUT2D eigenvalue weighted by Gasteiger charge is -2.10. The third kappa shape index (κ3) is 4.27. The summed E-state index contributed by atoms with van der Waals surface area (Å²) in [6.45, 7) is 0. The number of benzene rings is 2. The summed E-state index contributed by atoms with van der Waals surface area (Å²) in [5.41, 5.74) is 1.99. The number of carbonyl (C=O) groups is 1. The largest absolute Gasteiger partial charge is 0.497 e. The van der Waals surface area contributed by atoms with Crippen LogP contribution in [0.3, 0.4) is 0 Å². The molecule has 0 saturated heterocycles. The van der Waals surface area contributed by atoms with Gasteiger partial charge in [-0.1, -0.05) is 12.1 Å². The Kier molecular flexibility index (Phi) is 5.28. The molecule has 3 rings (SSSR count). The van der Waals surface area contributed by atoms with Crippen molar-refractivity contribution in [2.75, 3.05) is 24.9 Å². The third-order valence-electron chi connectivity index (χ3n) is 3.54. The minimum Gasteiger partial charge on any atom is -0.497 e. The van der Waals surface area contributed by atoms with Crippen LogP contribution in [0.2, 0.25) is 0 Å². The Hall–Kier alpha value is -3.61. The van der Waals surface area contributed by atoms with Gasteiger partial charge in [-0.15, -0.1) is 0 Å². The Morgan fingerprint density at radius 2 is 1.73 bits per heavy atom. The van der Waals surface area contributed by atoms with Crippen molar-refractivity contribution in [2.24, 2.45) is 0 Å². The maximum atomic E-state index is 11.6. The van der Waals surface area contributed by atoms with E-state index in [-0.39, 0.29) is 0 Å².